The molecule has 5 heteroatoms. The number of hydrogen-bond acceptors (Lipinski definition) is 5. The molecule has 0 aromatic heterocycles. The molecule has 0 unspecified atom stereocenters. The summed E-state index contributed by atoms with van der Waals surface area (Å²) in [6, 6.07) is 8.27. The number of nitrogens with zero attached hydrogens (tertiary/aromatic N) is 2. The second kappa shape index (κ2) is 8.09. The Labute approximate surface area is 176 Å². The molecule has 3 fully saturated rings. The number of hydrogen-bond donors (Lipinski definition) is 1. The zero-order chi connectivity index (χ0) is 20.6. The molecule has 1 heterocycles. The third kappa shape index (κ3) is 4.14. The standard InChI is InChI=1S/C24H38N2O3/c1-23(2)18-9-10-24(3,15-18)22(23)29-17-20(27)16-25-11-13-26(14-12-25)19-5-7-21(28-4)8-6-19/h5-8,18,20,22,27H,9-17H2,1-4H3/t18-,20+,22+,24-/m0/s1. The average molecular weight is 403 g/mol. The topological polar surface area (TPSA) is 45.2 Å². The van der Waals surface area contributed by atoms with Crippen LogP contribution in [0.1, 0.15) is 40.0 Å². The van der Waals surface area contributed by atoms with Crippen molar-refractivity contribution < 1.29 is 14.6 Å². The van der Waals surface area contributed by atoms with E-state index in [-0.39, 0.29) is 11.5 Å². The summed E-state index contributed by atoms with van der Waals surface area (Å²) in [7, 11) is 1.70. The van der Waals surface area contributed by atoms with Crippen LogP contribution in [0.4, 0.5) is 5.69 Å². The Kier molecular flexibility index (Phi) is 5.84. The number of fused-ring (bicyclic) bond motifs is 2. The number of aliphatic hydroxyl groups is 1. The van der Waals surface area contributed by atoms with E-state index in [1.165, 1.54) is 24.9 Å². The van der Waals surface area contributed by atoms with Crippen molar-refractivity contribution in [2.75, 3.05) is 51.3 Å². The number of β-amino-alcohol motifs (C(OH)–C–C–N with tert-alkyl or cyclic N) is 1. The molecule has 29 heavy (non-hydrogen) atoms. The van der Waals surface area contributed by atoms with E-state index < -0.39 is 6.10 Å². The molecule has 3 aliphatic rings. The number of aliphatic hydroxyl groups excluding tert-OH is 1. The van der Waals surface area contributed by atoms with Gasteiger partial charge in [0.2, 0.25) is 0 Å². The van der Waals surface area contributed by atoms with Crippen LogP contribution in [0.2, 0.25) is 0 Å². The molecule has 4 atom stereocenters. The first-order valence-corrected chi connectivity index (χ1v) is 11.2. The van der Waals surface area contributed by atoms with E-state index in [9.17, 15) is 5.11 Å². The van der Waals surface area contributed by atoms with Crippen LogP contribution in [0, 0.1) is 16.7 Å². The van der Waals surface area contributed by atoms with Crippen molar-refractivity contribution in [3.05, 3.63) is 24.3 Å². The van der Waals surface area contributed by atoms with Crippen LogP contribution in [0.5, 0.6) is 5.75 Å². The summed E-state index contributed by atoms with van der Waals surface area (Å²) in [5, 5.41) is 10.6. The molecule has 0 spiro atoms. The molecule has 1 aromatic carbocycles. The number of piperazine rings is 1. The second-order valence-corrected chi connectivity index (χ2v) is 10.3. The van der Waals surface area contributed by atoms with E-state index in [2.05, 4.69) is 42.7 Å². The van der Waals surface area contributed by atoms with Gasteiger partial charge in [0, 0.05) is 38.4 Å². The Bertz CT molecular complexity index is 679. The Hall–Kier alpha value is -1.30. The largest absolute Gasteiger partial charge is 0.497 e. The Morgan fingerprint density at radius 1 is 1.10 bits per heavy atom. The van der Waals surface area contributed by atoms with Gasteiger partial charge >= 0.3 is 0 Å². The van der Waals surface area contributed by atoms with Gasteiger partial charge in [0.15, 0.2) is 0 Å². The second-order valence-electron chi connectivity index (χ2n) is 10.3. The highest BCUT2D eigenvalue weighted by Gasteiger charge is 2.60. The van der Waals surface area contributed by atoms with Gasteiger partial charge < -0.3 is 19.5 Å². The maximum atomic E-state index is 10.6. The van der Waals surface area contributed by atoms with Gasteiger partial charge in [0.05, 0.1) is 25.9 Å². The molecule has 0 amide bonds. The summed E-state index contributed by atoms with van der Waals surface area (Å²) in [6.07, 6.45) is 3.75. The fraction of sp³-hybridized carbons (Fsp3) is 0.750. The van der Waals surface area contributed by atoms with Crippen LogP contribution in [-0.4, -0.2) is 68.7 Å². The Morgan fingerprint density at radius 2 is 1.79 bits per heavy atom. The fourth-order valence-corrected chi connectivity index (χ4v) is 6.21. The number of ether oxygens (including phenoxy) is 2. The van der Waals surface area contributed by atoms with Gasteiger partial charge in [0.1, 0.15) is 5.75 Å². The van der Waals surface area contributed by atoms with Gasteiger partial charge in [-0.05, 0) is 60.3 Å². The predicted octanol–water partition coefficient (Wildman–Crippen LogP) is 3.41. The fourth-order valence-electron chi connectivity index (χ4n) is 6.21. The third-order valence-electron chi connectivity index (χ3n) is 7.87. The minimum absolute atomic E-state index is 0.233. The highest BCUT2D eigenvalue weighted by molar-refractivity contribution is 5.49. The van der Waals surface area contributed by atoms with Gasteiger partial charge in [-0.15, -0.1) is 0 Å². The molecule has 1 aliphatic heterocycles. The van der Waals surface area contributed by atoms with Gasteiger partial charge in [-0.2, -0.15) is 0 Å². The van der Waals surface area contributed by atoms with E-state index >= 15 is 0 Å². The molecular weight excluding hydrogens is 364 g/mol. The van der Waals surface area contributed by atoms with Crippen molar-refractivity contribution in [2.24, 2.45) is 16.7 Å². The molecule has 2 bridgehead atoms. The average Bonchev–Trinajstić information content (AvgIpc) is 3.19. The number of benzene rings is 1. The zero-order valence-corrected chi connectivity index (χ0v) is 18.6. The van der Waals surface area contributed by atoms with Crippen LogP contribution >= 0.6 is 0 Å². The lowest BCUT2D eigenvalue weighted by atomic mass is 9.70. The number of rotatable bonds is 7. The van der Waals surface area contributed by atoms with Crippen molar-refractivity contribution in [2.45, 2.75) is 52.2 Å². The first kappa shape index (κ1) is 21.0. The molecule has 1 aromatic rings. The molecule has 4 rings (SSSR count). The van der Waals surface area contributed by atoms with Crippen molar-refractivity contribution in [3.63, 3.8) is 0 Å². The molecule has 1 saturated heterocycles. The molecular formula is C24H38N2O3. The van der Waals surface area contributed by atoms with Crippen molar-refractivity contribution in [3.8, 4) is 5.75 Å². The molecule has 2 aliphatic carbocycles. The van der Waals surface area contributed by atoms with Gasteiger partial charge in [-0.1, -0.05) is 20.8 Å². The van der Waals surface area contributed by atoms with Crippen molar-refractivity contribution >= 4 is 5.69 Å². The van der Waals surface area contributed by atoms with Crippen LogP contribution < -0.4 is 9.64 Å². The minimum Gasteiger partial charge on any atom is -0.497 e. The van der Waals surface area contributed by atoms with E-state index in [0.29, 0.717) is 18.6 Å². The smallest absolute Gasteiger partial charge is 0.119 e. The maximum Gasteiger partial charge on any atom is 0.119 e. The van der Waals surface area contributed by atoms with E-state index in [0.717, 1.165) is 37.8 Å². The number of anilines is 1. The lowest BCUT2D eigenvalue weighted by Gasteiger charge is -2.43. The van der Waals surface area contributed by atoms with E-state index in [1.54, 1.807) is 7.11 Å². The van der Waals surface area contributed by atoms with Gasteiger partial charge in [0.25, 0.3) is 0 Å². The van der Waals surface area contributed by atoms with Crippen molar-refractivity contribution in [1.82, 2.24) is 4.90 Å². The molecule has 2 saturated carbocycles. The van der Waals surface area contributed by atoms with Crippen LogP contribution in [0.3, 0.4) is 0 Å². The lowest BCUT2D eigenvalue weighted by Crippen LogP contribution is -2.50. The van der Waals surface area contributed by atoms with Gasteiger partial charge in [-0.3, -0.25) is 4.90 Å². The maximum absolute atomic E-state index is 10.6. The summed E-state index contributed by atoms with van der Waals surface area (Å²) in [5.74, 6) is 1.67. The first-order valence-electron chi connectivity index (χ1n) is 11.2. The monoisotopic (exact) mass is 402 g/mol. The summed E-state index contributed by atoms with van der Waals surface area (Å²) in [5.41, 5.74) is 1.77. The first-order chi connectivity index (χ1) is 13.8. The summed E-state index contributed by atoms with van der Waals surface area (Å²) >= 11 is 0. The molecule has 1 N–H and O–H groups in total. The lowest BCUT2D eigenvalue weighted by molar-refractivity contribution is -0.113. The Morgan fingerprint density at radius 3 is 2.38 bits per heavy atom. The van der Waals surface area contributed by atoms with E-state index in [1.807, 2.05) is 12.1 Å². The van der Waals surface area contributed by atoms with E-state index in [4.69, 9.17) is 9.47 Å². The van der Waals surface area contributed by atoms with Crippen LogP contribution in [0.25, 0.3) is 0 Å². The molecule has 5 nitrogen and oxygen atoms in total. The normalized spacial score (nSPS) is 32.5. The SMILES string of the molecule is COc1ccc(N2CCN(C[C@@H](O)CO[C@@H]3C(C)(C)[C@H]4CC[C@@]3(C)C4)CC2)cc1. The highest BCUT2D eigenvalue weighted by atomic mass is 16.5. The van der Waals surface area contributed by atoms with Crippen LogP contribution in [-0.2, 0) is 4.74 Å². The summed E-state index contributed by atoms with van der Waals surface area (Å²) in [4.78, 5) is 4.76. The third-order valence-corrected chi connectivity index (χ3v) is 7.87. The van der Waals surface area contributed by atoms with Crippen molar-refractivity contribution in [1.29, 1.82) is 0 Å². The summed E-state index contributed by atoms with van der Waals surface area (Å²) < 4.78 is 11.6. The molecule has 162 valence electrons. The quantitative estimate of drug-likeness (QED) is 0.757. The predicted molar refractivity (Wildman–Crippen MR) is 117 cm³/mol. The highest BCUT2D eigenvalue weighted by Crippen LogP contribution is 2.63. The zero-order valence-electron chi connectivity index (χ0n) is 18.6. The number of methoxy groups -OCH3 is 1. The van der Waals surface area contributed by atoms with Crippen LogP contribution in [0.15, 0.2) is 24.3 Å². The Balaban J connectivity index is 1.22. The minimum atomic E-state index is -0.416. The molecule has 0 radical (unpaired) electrons. The van der Waals surface area contributed by atoms with Gasteiger partial charge in [-0.25, -0.2) is 0 Å². The summed E-state index contributed by atoms with van der Waals surface area (Å²) in [6.45, 7) is 12.2.